The number of carbonyl (C=O) groups is 1. The standard InChI is InChI=1S/C12H23N3O/c16-12-11-13-5-3-9-15(12)10-4-8-14-6-1-2-7-14/h13H,1-11H2. The molecule has 0 radical (unpaired) electrons. The van der Waals surface area contributed by atoms with Crippen molar-refractivity contribution in [1.29, 1.82) is 0 Å². The van der Waals surface area contributed by atoms with Gasteiger partial charge in [0.2, 0.25) is 5.91 Å². The van der Waals surface area contributed by atoms with Gasteiger partial charge in [-0.3, -0.25) is 4.79 Å². The van der Waals surface area contributed by atoms with Gasteiger partial charge in [-0.2, -0.15) is 0 Å². The summed E-state index contributed by atoms with van der Waals surface area (Å²) in [5.41, 5.74) is 0. The van der Waals surface area contributed by atoms with Crippen molar-refractivity contribution < 1.29 is 4.79 Å². The van der Waals surface area contributed by atoms with E-state index in [0.717, 1.165) is 39.0 Å². The second-order valence-corrected chi connectivity index (χ2v) is 4.81. The predicted octanol–water partition coefficient (Wildman–Crippen LogP) is 0.294. The molecule has 4 heteroatoms. The highest BCUT2D eigenvalue weighted by Gasteiger charge is 2.16. The molecule has 0 saturated carbocycles. The lowest BCUT2D eigenvalue weighted by Crippen LogP contribution is -2.36. The van der Waals surface area contributed by atoms with Crippen LogP contribution in [0.5, 0.6) is 0 Å². The quantitative estimate of drug-likeness (QED) is 0.747. The molecule has 1 N–H and O–H groups in total. The largest absolute Gasteiger partial charge is 0.341 e. The third-order valence-corrected chi connectivity index (χ3v) is 3.51. The molecule has 2 fully saturated rings. The van der Waals surface area contributed by atoms with Gasteiger partial charge in [0.1, 0.15) is 0 Å². The predicted molar refractivity (Wildman–Crippen MR) is 64.4 cm³/mol. The fraction of sp³-hybridized carbons (Fsp3) is 0.917. The van der Waals surface area contributed by atoms with Crippen molar-refractivity contribution in [2.75, 3.05) is 45.8 Å². The second-order valence-electron chi connectivity index (χ2n) is 4.81. The number of likely N-dealkylation sites (tertiary alicyclic amines) is 1. The number of hydrogen-bond donors (Lipinski definition) is 1. The summed E-state index contributed by atoms with van der Waals surface area (Å²) in [5, 5.41) is 3.16. The zero-order valence-electron chi connectivity index (χ0n) is 10.1. The van der Waals surface area contributed by atoms with Crippen molar-refractivity contribution in [2.24, 2.45) is 0 Å². The van der Waals surface area contributed by atoms with E-state index < -0.39 is 0 Å². The van der Waals surface area contributed by atoms with Crippen LogP contribution >= 0.6 is 0 Å². The Hall–Kier alpha value is -0.610. The van der Waals surface area contributed by atoms with Crippen LogP contribution in [0.4, 0.5) is 0 Å². The Kier molecular flexibility index (Phi) is 4.60. The van der Waals surface area contributed by atoms with E-state index in [1.807, 2.05) is 4.90 Å². The van der Waals surface area contributed by atoms with E-state index in [1.54, 1.807) is 0 Å². The average molecular weight is 225 g/mol. The lowest BCUT2D eigenvalue weighted by Gasteiger charge is -2.22. The fourth-order valence-corrected chi connectivity index (χ4v) is 2.55. The van der Waals surface area contributed by atoms with Gasteiger partial charge in [-0.25, -0.2) is 0 Å². The Balaban J connectivity index is 1.65. The average Bonchev–Trinajstić information content (AvgIpc) is 2.71. The van der Waals surface area contributed by atoms with E-state index in [9.17, 15) is 4.79 Å². The number of carbonyl (C=O) groups excluding carboxylic acids is 1. The molecule has 0 aliphatic carbocycles. The van der Waals surface area contributed by atoms with Crippen molar-refractivity contribution in [2.45, 2.75) is 25.7 Å². The first kappa shape index (κ1) is 11.9. The van der Waals surface area contributed by atoms with E-state index in [0.29, 0.717) is 6.54 Å². The van der Waals surface area contributed by atoms with E-state index in [2.05, 4.69) is 10.2 Å². The van der Waals surface area contributed by atoms with Crippen LogP contribution < -0.4 is 5.32 Å². The maximum atomic E-state index is 11.7. The van der Waals surface area contributed by atoms with Crippen LogP contribution in [0.3, 0.4) is 0 Å². The van der Waals surface area contributed by atoms with Crippen LogP contribution in [0.1, 0.15) is 25.7 Å². The first-order valence-electron chi connectivity index (χ1n) is 6.57. The summed E-state index contributed by atoms with van der Waals surface area (Å²) in [7, 11) is 0. The van der Waals surface area contributed by atoms with Crippen LogP contribution in [-0.2, 0) is 4.79 Å². The smallest absolute Gasteiger partial charge is 0.236 e. The van der Waals surface area contributed by atoms with Crippen LogP contribution in [0.25, 0.3) is 0 Å². The Morgan fingerprint density at radius 2 is 1.88 bits per heavy atom. The maximum absolute atomic E-state index is 11.7. The van der Waals surface area contributed by atoms with Gasteiger partial charge in [0.05, 0.1) is 6.54 Å². The molecular formula is C12H23N3O. The molecule has 0 aromatic carbocycles. The first-order valence-corrected chi connectivity index (χ1v) is 6.57. The van der Waals surface area contributed by atoms with Crippen LogP contribution in [-0.4, -0.2) is 61.5 Å². The molecular weight excluding hydrogens is 202 g/mol. The topological polar surface area (TPSA) is 35.6 Å². The molecule has 2 saturated heterocycles. The SMILES string of the molecule is O=C1CNCCCN1CCCN1CCCC1. The molecule has 0 bridgehead atoms. The molecule has 2 heterocycles. The zero-order valence-corrected chi connectivity index (χ0v) is 10.1. The van der Waals surface area contributed by atoms with E-state index in [4.69, 9.17) is 0 Å². The molecule has 92 valence electrons. The maximum Gasteiger partial charge on any atom is 0.236 e. The van der Waals surface area contributed by atoms with Gasteiger partial charge in [0, 0.05) is 13.1 Å². The monoisotopic (exact) mass is 225 g/mol. The molecule has 0 atom stereocenters. The molecule has 2 aliphatic heterocycles. The fourth-order valence-electron chi connectivity index (χ4n) is 2.55. The van der Waals surface area contributed by atoms with E-state index >= 15 is 0 Å². The molecule has 16 heavy (non-hydrogen) atoms. The Morgan fingerprint density at radius 3 is 2.69 bits per heavy atom. The minimum atomic E-state index is 0.277. The minimum Gasteiger partial charge on any atom is -0.341 e. The summed E-state index contributed by atoms with van der Waals surface area (Å²) in [4.78, 5) is 16.2. The molecule has 0 unspecified atom stereocenters. The van der Waals surface area contributed by atoms with Gasteiger partial charge in [-0.15, -0.1) is 0 Å². The first-order chi connectivity index (χ1) is 7.86. The number of amides is 1. The number of rotatable bonds is 4. The van der Waals surface area contributed by atoms with Crippen molar-refractivity contribution in [3.05, 3.63) is 0 Å². The summed E-state index contributed by atoms with van der Waals surface area (Å²) >= 11 is 0. The second kappa shape index (κ2) is 6.21. The van der Waals surface area contributed by atoms with Gasteiger partial charge < -0.3 is 15.1 Å². The van der Waals surface area contributed by atoms with Gasteiger partial charge in [0.25, 0.3) is 0 Å². The normalized spacial score (nSPS) is 23.8. The summed E-state index contributed by atoms with van der Waals surface area (Å²) in [6.45, 7) is 7.07. The van der Waals surface area contributed by atoms with Crippen molar-refractivity contribution in [3.63, 3.8) is 0 Å². The minimum absolute atomic E-state index is 0.277. The zero-order chi connectivity index (χ0) is 11.2. The van der Waals surface area contributed by atoms with E-state index in [-0.39, 0.29) is 5.91 Å². The summed E-state index contributed by atoms with van der Waals surface area (Å²) in [6, 6.07) is 0. The van der Waals surface area contributed by atoms with E-state index in [1.165, 1.54) is 25.9 Å². The molecule has 1 amide bonds. The Labute approximate surface area is 98.0 Å². The lowest BCUT2D eigenvalue weighted by molar-refractivity contribution is -0.129. The third kappa shape index (κ3) is 3.46. The highest BCUT2D eigenvalue weighted by atomic mass is 16.2. The molecule has 2 rings (SSSR count). The molecule has 2 aliphatic rings. The summed E-state index contributed by atoms with van der Waals surface area (Å²) in [5.74, 6) is 0.277. The lowest BCUT2D eigenvalue weighted by atomic mass is 10.3. The molecule has 0 spiro atoms. The van der Waals surface area contributed by atoms with Gasteiger partial charge >= 0.3 is 0 Å². The Bertz CT molecular complexity index is 226. The summed E-state index contributed by atoms with van der Waals surface area (Å²) < 4.78 is 0. The summed E-state index contributed by atoms with van der Waals surface area (Å²) in [6.07, 6.45) is 4.93. The van der Waals surface area contributed by atoms with Gasteiger partial charge in [-0.05, 0) is 51.9 Å². The Morgan fingerprint density at radius 1 is 1.06 bits per heavy atom. The van der Waals surface area contributed by atoms with Crippen LogP contribution in [0.2, 0.25) is 0 Å². The van der Waals surface area contributed by atoms with Gasteiger partial charge in [-0.1, -0.05) is 0 Å². The number of nitrogens with zero attached hydrogens (tertiary/aromatic N) is 2. The van der Waals surface area contributed by atoms with Crippen molar-refractivity contribution in [1.82, 2.24) is 15.1 Å². The van der Waals surface area contributed by atoms with Crippen molar-refractivity contribution >= 4 is 5.91 Å². The van der Waals surface area contributed by atoms with Gasteiger partial charge in [0.15, 0.2) is 0 Å². The number of nitrogens with one attached hydrogen (secondary N) is 1. The highest BCUT2D eigenvalue weighted by Crippen LogP contribution is 2.08. The molecule has 4 nitrogen and oxygen atoms in total. The van der Waals surface area contributed by atoms with Crippen molar-refractivity contribution in [3.8, 4) is 0 Å². The molecule has 0 aromatic heterocycles. The highest BCUT2D eigenvalue weighted by molar-refractivity contribution is 5.78. The number of hydrogen-bond acceptors (Lipinski definition) is 3. The molecule has 0 aromatic rings. The third-order valence-electron chi connectivity index (χ3n) is 3.51. The van der Waals surface area contributed by atoms with Crippen LogP contribution in [0.15, 0.2) is 0 Å². The van der Waals surface area contributed by atoms with Crippen LogP contribution in [0, 0.1) is 0 Å².